The van der Waals surface area contributed by atoms with Crippen LogP contribution in [0.1, 0.15) is 30.9 Å². The number of nitrogens with zero attached hydrogens (tertiary/aromatic N) is 3. The number of nitrogens with one attached hydrogen (secondary N) is 1. The van der Waals surface area contributed by atoms with Gasteiger partial charge < -0.3 is 0 Å². The maximum atomic E-state index is 11.7. The Bertz CT molecular complexity index is 590. The molecule has 0 atom stereocenters. The van der Waals surface area contributed by atoms with Crippen molar-refractivity contribution in [2.75, 3.05) is 6.54 Å². The summed E-state index contributed by atoms with van der Waals surface area (Å²) in [5.41, 5.74) is 5.30. The van der Waals surface area contributed by atoms with Gasteiger partial charge in [-0.25, -0.2) is 10.4 Å². The third-order valence-electron chi connectivity index (χ3n) is 3.05. The number of aryl methyl sites for hydroxylation is 1. The average molecular weight is 286 g/mol. The molecule has 0 saturated carbocycles. The predicted molar refractivity (Wildman–Crippen MR) is 81.0 cm³/mol. The SMILES string of the molecule is CC1=NN(CC(=O)N/N=C/c2ccc(C)cc2)C(=O)CC1. The molecule has 21 heavy (non-hydrogen) atoms. The number of amides is 2. The second-order valence-corrected chi connectivity index (χ2v) is 4.99. The van der Waals surface area contributed by atoms with E-state index in [1.807, 2.05) is 38.1 Å². The lowest BCUT2D eigenvalue weighted by Gasteiger charge is -2.21. The van der Waals surface area contributed by atoms with Gasteiger partial charge in [0.15, 0.2) is 0 Å². The Morgan fingerprint density at radius 2 is 2.05 bits per heavy atom. The third kappa shape index (κ3) is 4.52. The van der Waals surface area contributed by atoms with Crippen molar-refractivity contribution in [3.63, 3.8) is 0 Å². The van der Waals surface area contributed by atoms with Crippen molar-refractivity contribution in [3.8, 4) is 0 Å². The maximum absolute atomic E-state index is 11.7. The molecule has 1 aliphatic heterocycles. The van der Waals surface area contributed by atoms with E-state index in [0.29, 0.717) is 12.8 Å². The van der Waals surface area contributed by atoms with Crippen LogP contribution in [0, 0.1) is 6.92 Å². The molecule has 0 bridgehead atoms. The zero-order valence-corrected chi connectivity index (χ0v) is 12.2. The minimum atomic E-state index is -0.370. The van der Waals surface area contributed by atoms with Gasteiger partial charge in [-0.15, -0.1) is 0 Å². The van der Waals surface area contributed by atoms with Gasteiger partial charge in [0.25, 0.3) is 5.91 Å². The fourth-order valence-electron chi connectivity index (χ4n) is 1.85. The van der Waals surface area contributed by atoms with Gasteiger partial charge in [-0.3, -0.25) is 9.59 Å². The molecule has 6 heteroatoms. The molecule has 0 spiro atoms. The smallest absolute Gasteiger partial charge is 0.261 e. The molecule has 1 aromatic carbocycles. The summed E-state index contributed by atoms with van der Waals surface area (Å²) < 4.78 is 0. The molecule has 2 rings (SSSR count). The van der Waals surface area contributed by atoms with Crippen LogP contribution in [0.25, 0.3) is 0 Å². The van der Waals surface area contributed by atoms with Crippen molar-refractivity contribution >= 4 is 23.7 Å². The van der Waals surface area contributed by atoms with Gasteiger partial charge in [-0.05, 0) is 25.8 Å². The van der Waals surface area contributed by atoms with Crippen LogP contribution >= 0.6 is 0 Å². The summed E-state index contributed by atoms with van der Waals surface area (Å²) in [7, 11) is 0. The molecule has 110 valence electrons. The number of hydrazone groups is 2. The largest absolute Gasteiger partial charge is 0.273 e. The van der Waals surface area contributed by atoms with Crippen LogP contribution in [0.4, 0.5) is 0 Å². The Kier molecular flexibility index (Phi) is 4.81. The number of rotatable bonds is 4. The molecule has 1 aromatic rings. The van der Waals surface area contributed by atoms with E-state index in [0.717, 1.165) is 16.8 Å². The first-order valence-corrected chi connectivity index (χ1v) is 6.77. The van der Waals surface area contributed by atoms with Gasteiger partial charge in [0.1, 0.15) is 6.54 Å². The highest BCUT2D eigenvalue weighted by molar-refractivity contribution is 5.93. The molecule has 6 nitrogen and oxygen atoms in total. The van der Waals surface area contributed by atoms with Crippen molar-refractivity contribution in [1.82, 2.24) is 10.4 Å². The second-order valence-electron chi connectivity index (χ2n) is 4.99. The van der Waals surface area contributed by atoms with Gasteiger partial charge in [0.2, 0.25) is 5.91 Å². The van der Waals surface area contributed by atoms with Crippen molar-refractivity contribution in [2.45, 2.75) is 26.7 Å². The van der Waals surface area contributed by atoms with E-state index in [4.69, 9.17) is 0 Å². The first-order valence-electron chi connectivity index (χ1n) is 6.77. The fourth-order valence-corrected chi connectivity index (χ4v) is 1.85. The summed E-state index contributed by atoms with van der Waals surface area (Å²) in [6.45, 7) is 3.73. The van der Waals surface area contributed by atoms with Crippen LogP contribution in [0.3, 0.4) is 0 Å². The van der Waals surface area contributed by atoms with Crippen molar-refractivity contribution in [2.24, 2.45) is 10.2 Å². The average Bonchev–Trinajstić information content (AvgIpc) is 2.45. The number of benzene rings is 1. The highest BCUT2D eigenvalue weighted by Gasteiger charge is 2.20. The molecule has 0 aliphatic carbocycles. The Labute approximate surface area is 123 Å². The zero-order valence-electron chi connectivity index (χ0n) is 12.2. The topological polar surface area (TPSA) is 74.1 Å². The summed E-state index contributed by atoms with van der Waals surface area (Å²) in [5, 5.41) is 9.13. The lowest BCUT2D eigenvalue weighted by atomic mass is 10.2. The van der Waals surface area contributed by atoms with E-state index in [9.17, 15) is 9.59 Å². The lowest BCUT2D eigenvalue weighted by molar-refractivity contribution is -0.136. The molecule has 0 radical (unpaired) electrons. The molecular weight excluding hydrogens is 268 g/mol. The molecule has 1 aliphatic rings. The van der Waals surface area contributed by atoms with Crippen molar-refractivity contribution in [1.29, 1.82) is 0 Å². The summed E-state index contributed by atoms with van der Waals surface area (Å²) in [6.07, 6.45) is 2.61. The molecule has 1 N–H and O–H groups in total. The number of hydrogen-bond acceptors (Lipinski definition) is 4. The summed E-state index contributed by atoms with van der Waals surface area (Å²) in [5.74, 6) is -0.511. The van der Waals surface area contributed by atoms with E-state index in [1.165, 1.54) is 5.01 Å². The predicted octanol–water partition coefficient (Wildman–Crippen LogP) is 1.44. The molecule has 2 amide bonds. The van der Waals surface area contributed by atoms with E-state index >= 15 is 0 Å². The van der Waals surface area contributed by atoms with Crippen LogP contribution in [-0.2, 0) is 9.59 Å². The van der Waals surface area contributed by atoms with E-state index in [1.54, 1.807) is 6.21 Å². The van der Waals surface area contributed by atoms with E-state index in [-0.39, 0.29) is 18.4 Å². The molecule has 1 heterocycles. The molecular formula is C15H18N4O2. The van der Waals surface area contributed by atoms with Crippen LogP contribution in [0.5, 0.6) is 0 Å². The van der Waals surface area contributed by atoms with Gasteiger partial charge in [-0.1, -0.05) is 29.8 Å². The van der Waals surface area contributed by atoms with E-state index < -0.39 is 0 Å². The minimum Gasteiger partial charge on any atom is -0.273 e. The highest BCUT2D eigenvalue weighted by Crippen LogP contribution is 2.08. The quantitative estimate of drug-likeness (QED) is 0.672. The monoisotopic (exact) mass is 286 g/mol. The number of carbonyl (C=O) groups is 2. The summed E-state index contributed by atoms with van der Waals surface area (Å²) in [6, 6.07) is 7.75. The molecule has 0 fully saturated rings. The fraction of sp³-hybridized carbons (Fsp3) is 0.333. The minimum absolute atomic E-state index is 0.110. The second kappa shape index (κ2) is 6.78. The van der Waals surface area contributed by atoms with Crippen LogP contribution in [-0.4, -0.2) is 35.3 Å². The standard InChI is InChI=1S/C15H18N4O2/c1-11-3-6-13(7-4-11)9-16-17-14(20)10-19-15(21)8-5-12(2)18-19/h3-4,6-7,9H,5,8,10H2,1-2H3,(H,17,20)/b16-9+. The highest BCUT2D eigenvalue weighted by atomic mass is 16.2. The van der Waals surface area contributed by atoms with E-state index in [2.05, 4.69) is 15.6 Å². The Morgan fingerprint density at radius 3 is 2.76 bits per heavy atom. The van der Waals surface area contributed by atoms with Crippen LogP contribution in [0.15, 0.2) is 34.5 Å². The summed E-state index contributed by atoms with van der Waals surface area (Å²) in [4.78, 5) is 23.3. The molecule has 0 saturated heterocycles. The number of carbonyl (C=O) groups excluding carboxylic acids is 2. The van der Waals surface area contributed by atoms with Gasteiger partial charge in [0, 0.05) is 12.1 Å². The third-order valence-corrected chi connectivity index (χ3v) is 3.05. The van der Waals surface area contributed by atoms with Gasteiger partial charge >= 0.3 is 0 Å². The Hall–Kier alpha value is -2.50. The van der Waals surface area contributed by atoms with Crippen molar-refractivity contribution < 1.29 is 9.59 Å². The molecule has 0 unspecified atom stereocenters. The molecule has 0 aromatic heterocycles. The zero-order chi connectivity index (χ0) is 15.2. The first-order chi connectivity index (χ1) is 10.0. The Balaban J connectivity index is 1.86. The lowest BCUT2D eigenvalue weighted by Crippen LogP contribution is -2.38. The Morgan fingerprint density at radius 1 is 1.33 bits per heavy atom. The van der Waals surface area contributed by atoms with Crippen molar-refractivity contribution in [3.05, 3.63) is 35.4 Å². The first kappa shape index (κ1) is 14.9. The summed E-state index contributed by atoms with van der Waals surface area (Å²) >= 11 is 0. The number of hydrogen-bond donors (Lipinski definition) is 1. The van der Waals surface area contributed by atoms with Gasteiger partial charge in [-0.2, -0.15) is 10.2 Å². The normalized spacial score (nSPS) is 15.2. The van der Waals surface area contributed by atoms with Gasteiger partial charge in [0.05, 0.1) is 6.21 Å². The van der Waals surface area contributed by atoms with Crippen LogP contribution < -0.4 is 5.43 Å². The maximum Gasteiger partial charge on any atom is 0.261 e. The van der Waals surface area contributed by atoms with Crippen LogP contribution in [0.2, 0.25) is 0 Å².